The van der Waals surface area contributed by atoms with Crippen LogP contribution in [0.15, 0.2) is 9.98 Å². The Balaban J connectivity index is 0. The molecule has 0 bridgehead atoms. The molecule has 0 aromatic carbocycles. The van der Waals surface area contributed by atoms with Crippen molar-refractivity contribution >= 4 is 6.01 Å². The number of hydrogen-bond acceptors (Lipinski definition) is 4. The maximum absolute atomic E-state index is 3.99. The second-order valence-corrected chi connectivity index (χ2v) is 4.23. The minimum absolute atomic E-state index is 0.775. The third-order valence-electron chi connectivity index (χ3n) is 2.52. The molecule has 0 rings (SSSR count). The van der Waals surface area contributed by atoms with Crippen LogP contribution >= 0.6 is 0 Å². The minimum Gasteiger partial charge on any atom is -0.309 e. The van der Waals surface area contributed by atoms with Gasteiger partial charge in [0.2, 0.25) is 0 Å². The van der Waals surface area contributed by atoms with Gasteiger partial charge in [0.25, 0.3) is 0 Å². The van der Waals surface area contributed by atoms with Crippen LogP contribution in [0.2, 0.25) is 0 Å². The molecule has 0 aliphatic rings. The van der Waals surface area contributed by atoms with E-state index in [9.17, 15) is 0 Å². The van der Waals surface area contributed by atoms with Crippen molar-refractivity contribution in [3.8, 4) is 0 Å². The van der Waals surface area contributed by atoms with E-state index in [1.54, 1.807) is 0 Å². The first-order valence-electron chi connectivity index (χ1n) is 7.07. The summed E-state index contributed by atoms with van der Waals surface area (Å²) in [5, 5.41) is 0. The Morgan fingerprint density at radius 1 is 0.889 bits per heavy atom. The van der Waals surface area contributed by atoms with Crippen LogP contribution in [0, 0.1) is 0 Å². The van der Waals surface area contributed by atoms with Crippen molar-refractivity contribution in [2.75, 3.05) is 53.4 Å². The van der Waals surface area contributed by atoms with Gasteiger partial charge in [0, 0.05) is 6.54 Å². The van der Waals surface area contributed by atoms with Crippen LogP contribution in [0.3, 0.4) is 0 Å². The van der Waals surface area contributed by atoms with Crippen molar-refractivity contribution < 1.29 is 0 Å². The Kier molecular flexibility index (Phi) is 17.8. The molecular formula is C14H32N4. The van der Waals surface area contributed by atoms with Gasteiger partial charge in [-0.25, -0.2) is 9.98 Å². The van der Waals surface area contributed by atoms with E-state index in [2.05, 4.69) is 60.7 Å². The van der Waals surface area contributed by atoms with E-state index in [1.165, 1.54) is 19.6 Å². The lowest BCUT2D eigenvalue weighted by Crippen LogP contribution is -2.21. The molecule has 0 radical (unpaired) electrons. The molecule has 4 nitrogen and oxygen atoms in total. The summed E-state index contributed by atoms with van der Waals surface area (Å²) in [7, 11) is 4.12. The topological polar surface area (TPSA) is 31.2 Å². The van der Waals surface area contributed by atoms with Crippen molar-refractivity contribution in [2.45, 2.75) is 34.1 Å². The Bertz CT molecular complexity index is 198. The van der Waals surface area contributed by atoms with Crippen LogP contribution in [0.25, 0.3) is 0 Å². The lowest BCUT2D eigenvalue weighted by Gasteiger charge is -2.13. The number of nitrogens with zero attached hydrogens (tertiary/aromatic N) is 4. The smallest absolute Gasteiger partial charge is 0.0892 e. The van der Waals surface area contributed by atoms with Gasteiger partial charge in [-0.3, -0.25) is 0 Å². The van der Waals surface area contributed by atoms with Crippen molar-refractivity contribution in [1.82, 2.24) is 9.80 Å². The fourth-order valence-electron chi connectivity index (χ4n) is 1.31. The molecule has 0 unspecified atom stereocenters. The van der Waals surface area contributed by atoms with E-state index in [1.807, 2.05) is 6.92 Å². The van der Waals surface area contributed by atoms with E-state index in [-0.39, 0.29) is 0 Å². The molecule has 0 fully saturated rings. The van der Waals surface area contributed by atoms with Crippen LogP contribution in [-0.4, -0.2) is 69.2 Å². The van der Waals surface area contributed by atoms with Crippen LogP contribution in [-0.2, 0) is 0 Å². The van der Waals surface area contributed by atoms with Gasteiger partial charge < -0.3 is 9.80 Å². The highest BCUT2D eigenvalue weighted by Crippen LogP contribution is 1.82. The van der Waals surface area contributed by atoms with Gasteiger partial charge in [-0.15, -0.1) is 0 Å². The zero-order valence-corrected chi connectivity index (χ0v) is 13.2. The van der Waals surface area contributed by atoms with Crippen molar-refractivity contribution in [1.29, 1.82) is 0 Å². The summed E-state index contributed by atoms with van der Waals surface area (Å²) >= 11 is 0. The maximum atomic E-state index is 3.99. The molecule has 0 amide bonds. The largest absolute Gasteiger partial charge is 0.309 e. The fraction of sp³-hybridized carbons (Fsp3) is 0.929. The van der Waals surface area contributed by atoms with Gasteiger partial charge in [0.15, 0.2) is 0 Å². The summed E-state index contributed by atoms with van der Waals surface area (Å²) in [5.74, 6) is 0. The summed E-state index contributed by atoms with van der Waals surface area (Å²) in [6.45, 7) is 14.8. The first-order valence-corrected chi connectivity index (χ1v) is 7.07. The highest BCUT2D eigenvalue weighted by Gasteiger charge is 1.89. The third kappa shape index (κ3) is 17.7. The van der Waals surface area contributed by atoms with E-state index in [4.69, 9.17) is 0 Å². The third-order valence-corrected chi connectivity index (χ3v) is 2.52. The highest BCUT2D eigenvalue weighted by atomic mass is 15.1. The van der Waals surface area contributed by atoms with Crippen LogP contribution < -0.4 is 0 Å². The molecule has 18 heavy (non-hydrogen) atoms. The summed E-state index contributed by atoms with van der Waals surface area (Å²) in [4.78, 5) is 12.4. The molecule has 0 saturated carbocycles. The van der Waals surface area contributed by atoms with Crippen molar-refractivity contribution in [2.24, 2.45) is 9.98 Å². The first-order chi connectivity index (χ1) is 8.62. The predicted molar refractivity (Wildman–Crippen MR) is 81.9 cm³/mol. The van der Waals surface area contributed by atoms with E-state index < -0.39 is 0 Å². The second kappa shape index (κ2) is 16.3. The molecule has 0 aromatic heterocycles. The molecule has 0 heterocycles. The molecule has 0 spiro atoms. The lowest BCUT2D eigenvalue weighted by molar-refractivity contribution is 0.321. The second-order valence-electron chi connectivity index (χ2n) is 4.23. The van der Waals surface area contributed by atoms with Gasteiger partial charge in [0.05, 0.1) is 12.6 Å². The zero-order chi connectivity index (χ0) is 14.2. The summed E-state index contributed by atoms with van der Waals surface area (Å²) in [5.41, 5.74) is 0. The number of aliphatic imine (C=N–C) groups is 2. The Hall–Kier alpha value is -0.700. The quantitative estimate of drug-likeness (QED) is 0.493. The Morgan fingerprint density at radius 2 is 1.44 bits per heavy atom. The van der Waals surface area contributed by atoms with Gasteiger partial charge in [-0.05, 0) is 53.6 Å². The fourth-order valence-corrected chi connectivity index (χ4v) is 1.31. The standard InChI is InChI=1S/C8H17N3.C6H15N/c1-4-9-8-10-6-5-7-11(2)3;1-4-7(5-2)6-3/h4-7H2,1-3H3;4-6H2,1-3H3. The van der Waals surface area contributed by atoms with Gasteiger partial charge >= 0.3 is 0 Å². The van der Waals surface area contributed by atoms with Crippen molar-refractivity contribution in [3.05, 3.63) is 0 Å². The van der Waals surface area contributed by atoms with Crippen LogP contribution in [0.5, 0.6) is 0 Å². The number of rotatable bonds is 8. The van der Waals surface area contributed by atoms with E-state index >= 15 is 0 Å². The molecule has 0 atom stereocenters. The number of hydrogen-bond donors (Lipinski definition) is 0. The first kappa shape index (κ1) is 19.6. The highest BCUT2D eigenvalue weighted by molar-refractivity contribution is 5.40. The Labute approximate surface area is 114 Å². The lowest BCUT2D eigenvalue weighted by atomic mass is 10.4. The van der Waals surface area contributed by atoms with Gasteiger partial charge in [0.1, 0.15) is 0 Å². The molecule has 0 N–H and O–H groups in total. The van der Waals surface area contributed by atoms with E-state index in [0.29, 0.717) is 0 Å². The molecule has 0 aromatic rings. The minimum atomic E-state index is 0.775. The molecule has 0 aliphatic carbocycles. The zero-order valence-electron chi connectivity index (χ0n) is 13.2. The molecule has 0 saturated heterocycles. The van der Waals surface area contributed by atoms with Gasteiger partial charge in [-0.1, -0.05) is 20.8 Å². The molecular weight excluding hydrogens is 224 g/mol. The van der Waals surface area contributed by atoms with Gasteiger partial charge in [-0.2, -0.15) is 0 Å². The predicted octanol–water partition coefficient (Wildman–Crippen LogP) is 2.48. The Morgan fingerprint density at radius 3 is 1.78 bits per heavy atom. The molecule has 108 valence electrons. The van der Waals surface area contributed by atoms with Crippen LogP contribution in [0.4, 0.5) is 0 Å². The van der Waals surface area contributed by atoms with Crippen molar-refractivity contribution in [3.63, 3.8) is 0 Å². The maximum Gasteiger partial charge on any atom is 0.0892 e. The van der Waals surface area contributed by atoms with Crippen LogP contribution in [0.1, 0.15) is 34.1 Å². The average molecular weight is 256 g/mol. The van der Waals surface area contributed by atoms with E-state index in [0.717, 1.165) is 26.1 Å². The summed E-state index contributed by atoms with van der Waals surface area (Å²) in [6, 6.07) is 2.64. The molecule has 0 aliphatic heterocycles. The molecule has 4 heteroatoms. The summed E-state index contributed by atoms with van der Waals surface area (Å²) < 4.78 is 0. The summed E-state index contributed by atoms with van der Waals surface area (Å²) in [6.07, 6.45) is 1.08. The average Bonchev–Trinajstić information content (AvgIpc) is 2.36. The SMILES string of the molecule is CCN(CC)CC.CCN=C=NCCCN(C)C. The monoisotopic (exact) mass is 256 g/mol. The normalized spacial score (nSPS) is 9.78.